The first-order chi connectivity index (χ1) is 10.4. The van der Waals surface area contributed by atoms with Crippen LogP contribution in [0, 0.1) is 5.92 Å². The molecule has 2 rings (SSSR count). The fourth-order valence-electron chi connectivity index (χ4n) is 2.79. The highest BCUT2D eigenvalue weighted by Gasteiger charge is 2.29. The van der Waals surface area contributed by atoms with Crippen molar-refractivity contribution in [3.8, 4) is 0 Å². The number of rotatable bonds is 5. The van der Waals surface area contributed by atoms with E-state index in [4.69, 9.17) is 5.73 Å². The van der Waals surface area contributed by atoms with E-state index in [1.807, 2.05) is 20.8 Å². The first-order valence-electron chi connectivity index (χ1n) is 7.78. The van der Waals surface area contributed by atoms with Crippen molar-refractivity contribution in [2.24, 2.45) is 11.7 Å². The Labute approximate surface area is 130 Å². The smallest absolute Gasteiger partial charge is 0.242 e. The zero-order chi connectivity index (χ0) is 16.3. The molecule has 7 heteroatoms. The van der Waals surface area contributed by atoms with Crippen LogP contribution in [0.25, 0.3) is 0 Å². The SMILES string of the molecule is CC(C(=O)Nc1ccnn1C(C)C)N1CCC(C(N)=O)CC1. The number of nitrogens with two attached hydrogens (primary N) is 1. The Kier molecular flexibility index (Phi) is 5.18. The van der Waals surface area contributed by atoms with E-state index >= 15 is 0 Å². The number of carbonyl (C=O) groups excluding carboxylic acids is 2. The summed E-state index contributed by atoms with van der Waals surface area (Å²) in [6.07, 6.45) is 3.12. The van der Waals surface area contributed by atoms with E-state index in [1.165, 1.54) is 0 Å². The van der Waals surface area contributed by atoms with Crippen LogP contribution in [0.5, 0.6) is 0 Å². The summed E-state index contributed by atoms with van der Waals surface area (Å²) in [7, 11) is 0. The van der Waals surface area contributed by atoms with Gasteiger partial charge in [-0.05, 0) is 46.7 Å². The normalized spacial score (nSPS) is 18.4. The number of piperidine rings is 1. The second-order valence-electron chi connectivity index (χ2n) is 6.13. The first-order valence-corrected chi connectivity index (χ1v) is 7.78. The minimum atomic E-state index is -0.246. The van der Waals surface area contributed by atoms with Gasteiger partial charge in [0.15, 0.2) is 0 Å². The summed E-state index contributed by atoms with van der Waals surface area (Å²) in [5.74, 6) is 0.352. The predicted molar refractivity (Wildman–Crippen MR) is 84.2 cm³/mol. The van der Waals surface area contributed by atoms with Crippen molar-refractivity contribution in [3.05, 3.63) is 12.3 Å². The highest BCUT2D eigenvalue weighted by Crippen LogP contribution is 2.20. The minimum absolute atomic E-state index is 0.0556. The summed E-state index contributed by atoms with van der Waals surface area (Å²) >= 11 is 0. The van der Waals surface area contributed by atoms with E-state index in [2.05, 4.69) is 15.3 Å². The van der Waals surface area contributed by atoms with Crippen LogP contribution in [0.1, 0.15) is 39.7 Å². The molecule has 0 bridgehead atoms. The Bertz CT molecular complexity index is 532. The lowest BCUT2D eigenvalue weighted by Crippen LogP contribution is -2.47. The van der Waals surface area contributed by atoms with Gasteiger partial charge in [-0.15, -0.1) is 0 Å². The molecule has 0 spiro atoms. The van der Waals surface area contributed by atoms with Crippen LogP contribution in [0.3, 0.4) is 0 Å². The summed E-state index contributed by atoms with van der Waals surface area (Å²) < 4.78 is 1.78. The highest BCUT2D eigenvalue weighted by atomic mass is 16.2. The van der Waals surface area contributed by atoms with Gasteiger partial charge < -0.3 is 11.1 Å². The molecular formula is C15H25N5O2. The predicted octanol–water partition coefficient (Wildman–Crippen LogP) is 0.988. The molecule has 22 heavy (non-hydrogen) atoms. The molecule has 7 nitrogen and oxygen atoms in total. The number of aromatic nitrogens is 2. The summed E-state index contributed by atoms with van der Waals surface area (Å²) in [6.45, 7) is 7.34. The highest BCUT2D eigenvalue weighted by molar-refractivity contribution is 5.93. The maximum atomic E-state index is 12.4. The van der Waals surface area contributed by atoms with Crippen molar-refractivity contribution >= 4 is 17.6 Å². The van der Waals surface area contributed by atoms with Crippen LogP contribution in [0.15, 0.2) is 12.3 Å². The van der Waals surface area contributed by atoms with Crippen molar-refractivity contribution in [2.45, 2.75) is 45.7 Å². The number of hydrogen-bond donors (Lipinski definition) is 2. The van der Waals surface area contributed by atoms with Gasteiger partial charge in [-0.2, -0.15) is 5.10 Å². The molecule has 1 unspecified atom stereocenters. The van der Waals surface area contributed by atoms with Crippen LogP contribution < -0.4 is 11.1 Å². The van der Waals surface area contributed by atoms with Crippen molar-refractivity contribution < 1.29 is 9.59 Å². The molecule has 1 aliphatic rings. The van der Waals surface area contributed by atoms with Gasteiger partial charge >= 0.3 is 0 Å². The molecule has 1 saturated heterocycles. The standard InChI is InChI=1S/C15H25N5O2/c1-10(2)20-13(4-7-17-20)18-15(22)11(3)19-8-5-12(6-9-19)14(16)21/h4,7,10-12H,5-6,8-9H2,1-3H3,(H2,16,21)(H,18,22). The zero-order valence-corrected chi connectivity index (χ0v) is 13.5. The van der Waals surface area contributed by atoms with E-state index in [0.29, 0.717) is 18.9 Å². The average Bonchev–Trinajstić information content (AvgIpc) is 2.94. The van der Waals surface area contributed by atoms with E-state index in [-0.39, 0.29) is 29.8 Å². The number of anilines is 1. The Hall–Kier alpha value is -1.89. The number of likely N-dealkylation sites (tertiary alicyclic amines) is 1. The van der Waals surface area contributed by atoms with Crippen molar-refractivity contribution in [2.75, 3.05) is 18.4 Å². The Balaban J connectivity index is 1.93. The van der Waals surface area contributed by atoms with Gasteiger partial charge in [-0.3, -0.25) is 14.5 Å². The second-order valence-corrected chi connectivity index (χ2v) is 6.13. The van der Waals surface area contributed by atoms with Crippen LogP contribution in [0.4, 0.5) is 5.82 Å². The molecule has 1 aromatic rings. The maximum Gasteiger partial charge on any atom is 0.242 e. The van der Waals surface area contributed by atoms with Crippen LogP contribution in [-0.2, 0) is 9.59 Å². The molecule has 0 radical (unpaired) electrons. The largest absolute Gasteiger partial charge is 0.369 e. The topological polar surface area (TPSA) is 93.2 Å². The monoisotopic (exact) mass is 307 g/mol. The number of carbonyl (C=O) groups is 2. The average molecular weight is 307 g/mol. The van der Waals surface area contributed by atoms with E-state index in [1.54, 1.807) is 16.9 Å². The van der Waals surface area contributed by atoms with Gasteiger partial charge in [0.2, 0.25) is 11.8 Å². The Morgan fingerprint density at radius 1 is 1.32 bits per heavy atom. The summed E-state index contributed by atoms with van der Waals surface area (Å²) in [5, 5.41) is 7.14. The number of nitrogens with zero attached hydrogens (tertiary/aromatic N) is 3. The van der Waals surface area contributed by atoms with Crippen molar-refractivity contribution in [1.29, 1.82) is 0 Å². The fraction of sp³-hybridized carbons (Fsp3) is 0.667. The molecule has 1 atom stereocenters. The van der Waals surface area contributed by atoms with Gasteiger partial charge in [-0.25, -0.2) is 4.68 Å². The molecule has 1 aromatic heterocycles. The Morgan fingerprint density at radius 3 is 2.50 bits per heavy atom. The van der Waals surface area contributed by atoms with E-state index < -0.39 is 0 Å². The zero-order valence-electron chi connectivity index (χ0n) is 13.5. The molecule has 0 aromatic carbocycles. The van der Waals surface area contributed by atoms with Crippen LogP contribution in [-0.4, -0.2) is 45.6 Å². The summed E-state index contributed by atoms with van der Waals surface area (Å²) in [4.78, 5) is 25.7. The molecule has 3 N–H and O–H groups in total. The third-order valence-electron chi connectivity index (χ3n) is 4.27. The van der Waals surface area contributed by atoms with Gasteiger partial charge in [0.05, 0.1) is 12.2 Å². The van der Waals surface area contributed by atoms with Crippen LogP contribution in [0.2, 0.25) is 0 Å². The van der Waals surface area contributed by atoms with Gasteiger partial charge in [0.1, 0.15) is 5.82 Å². The van der Waals surface area contributed by atoms with Crippen molar-refractivity contribution in [1.82, 2.24) is 14.7 Å². The van der Waals surface area contributed by atoms with Crippen molar-refractivity contribution in [3.63, 3.8) is 0 Å². The lowest BCUT2D eigenvalue weighted by molar-refractivity contribution is -0.124. The minimum Gasteiger partial charge on any atom is -0.369 e. The number of primary amides is 1. The summed E-state index contributed by atoms with van der Waals surface area (Å²) in [5.41, 5.74) is 5.34. The third-order valence-corrected chi connectivity index (χ3v) is 4.27. The molecule has 0 saturated carbocycles. The van der Waals surface area contributed by atoms with Gasteiger partial charge in [-0.1, -0.05) is 0 Å². The molecule has 122 valence electrons. The molecular weight excluding hydrogens is 282 g/mol. The number of hydrogen-bond acceptors (Lipinski definition) is 4. The number of nitrogens with one attached hydrogen (secondary N) is 1. The quantitative estimate of drug-likeness (QED) is 0.848. The number of amides is 2. The third kappa shape index (κ3) is 3.65. The molecule has 2 amide bonds. The van der Waals surface area contributed by atoms with E-state index in [0.717, 1.165) is 12.8 Å². The maximum absolute atomic E-state index is 12.4. The van der Waals surface area contributed by atoms with Gasteiger partial charge in [0, 0.05) is 18.0 Å². The Morgan fingerprint density at radius 2 is 1.95 bits per heavy atom. The lowest BCUT2D eigenvalue weighted by atomic mass is 9.95. The van der Waals surface area contributed by atoms with Gasteiger partial charge in [0.25, 0.3) is 0 Å². The fourth-order valence-corrected chi connectivity index (χ4v) is 2.79. The lowest BCUT2D eigenvalue weighted by Gasteiger charge is -2.34. The van der Waals surface area contributed by atoms with E-state index in [9.17, 15) is 9.59 Å². The molecule has 1 aliphatic heterocycles. The molecule has 2 heterocycles. The second kappa shape index (κ2) is 6.91. The van der Waals surface area contributed by atoms with Crippen LogP contribution >= 0.6 is 0 Å². The summed E-state index contributed by atoms with van der Waals surface area (Å²) in [6, 6.07) is 1.74. The molecule has 1 fully saturated rings. The first kappa shape index (κ1) is 16.5. The molecule has 0 aliphatic carbocycles.